The molecule has 2 aromatic rings. The van der Waals surface area contributed by atoms with Crippen LogP contribution in [0.1, 0.15) is 40.3 Å². The van der Waals surface area contributed by atoms with E-state index in [4.69, 9.17) is 5.84 Å². The number of nitrogens with one attached hydrogen (secondary N) is 1. The van der Waals surface area contributed by atoms with Gasteiger partial charge in [-0.2, -0.15) is 0 Å². The molecule has 2 heteroatoms. The van der Waals surface area contributed by atoms with Gasteiger partial charge in [-0.05, 0) is 60.4 Å². The lowest BCUT2D eigenvalue weighted by Gasteiger charge is -2.19. The van der Waals surface area contributed by atoms with E-state index in [1.54, 1.807) is 0 Å². The highest BCUT2D eigenvalue weighted by molar-refractivity contribution is 5.37. The van der Waals surface area contributed by atoms with E-state index >= 15 is 0 Å². The van der Waals surface area contributed by atoms with Crippen molar-refractivity contribution in [3.8, 4) is 0 Å². The van der Waals surface area contributed by atoms with Crippen LogP contribution in [0.5, 0.6) is 0 Å². The summed E-state index contributed by atoms with van der Waals surface area (Å²) in [6, 6.07) is 15.5. The van der Waals surface area contributed by atoms with Gasteiger partial charge in [-0.25, -0.2) is 0 Å². The van der Waals surface area contributed by atoms with Gasteiger partial charge in [0, 0.05) is 0 Å². The van der Waals surface area contributed by atoms with Crippen LogP contribution in [0.3, 0.4) is 0 Å². The average molecular weight is 266 g/mol. The predicted molar refractivity (Wildman–Crippen MR) is 83.4 cm³/mol. The van der Waals surface area contributed by atoms with Crippen molar-refractivity contribution in [3.63, 3.8) is 0 Å². The minimum absolute atomic E-state index is 0.177. The molecule has 0 amide bonds. The zero-order chi connectivity index (χ0) is 13.9. The molecule has 0 saturated carbocycles. The summed E-state index contributed by atoms with van der Waals surface area (Å²) in [6.45, 7) is 2.14. The van der Waals surface area contributed by atoms with Gasteiger partial charge < -0.3 is 0 Å². The summed E-state index contributed by atoms with van der Waals surface area (Å²) in [6.07, 6.45) is 4.71. The second-order valence-electron chi connectivity index (χ2n) is 5.74. The minimum Gasteiger partial charge on any atom is -0.271 e. The first-order valence-electron chi connectivity index (χ1n) is 7.40. The maximum Gasteiger partial charge on any atom is 0.0502 e. The van der Waals surface area contributed by atoms with Gasteiger partial charge in [0.2, 0.25) is 0 Å². The lowest BCUT2D eigenvalue weighted by atomic mass is 9.94. The normalized spacial score (nSPS) is 15.1. The molecule has 0 radical (unpaired) electrons. The Labute approximate surface area is 121 Å². The molecule has 1 aliphatic rings. The Morgan fingerprint density at radius 2 is 1.90 bits per heavy atom. The number of aryl methyl sites for hydroxylation is 3. The van der Waals surface area contributed by atoms with Gasteiger partial charge in [-0.1, -0.05) is 42.5 Å². The summed E-state index contributed by atoms with van der Waals surface area (Å²) in [5.74, 6) is 5.78. The van der Waals surface area contributed by atoms with Crippen molar-refractivity contribution in [1.82, 2.24) is 5.43 Å². The summed E-state index contributed by atoms with van der Waals surface area (Å²) >= 11 is 0. The quantitative estimate of drug-likeness (QED) is 0.658. The summed E-state index contributed by atoms with van der Waals surface area (Å²) in [5.41, 5.74) is 9.98. The Kier molecular flexibility index (Phi) is 3.86. The molecule has 0 saturated heterocycles. The second-order valence-corrected chi connectivity index (χ2v) is 5.74. The van der Waals surface area contributed by atoms with Gasteiger partial charge in [0.15, 0.2) is 0 Å². The number of rotatable bonds is 4. The van der Waals surface area contributed by atoms with E-state index in [2.05, 4.69) is 54.8 Å². The van der Waals surface area contributed by atoms with Crippen molar-refractivity contribution >= 4 is 0 Å². The molecular formula is C18H22N2. The third-order valence-electron chi connectivity index (χ3n) is 4.37. The highest BCUT2D eigenvalue weighted by Gasteiger charge is 2.15. The molecule has 0 spiro atoms. The molecule has 0 bridgehead atoms. The Morgan fingerprint density at radius 3 is 2.70 bits per heavy atom. The molecule has 1 aliphatic carbocycles. The van der Waals surface area contributed by atoms with Crippen molar-refractivity contribution in [3.05, 3.63) is 70.3 Å². The van der Waals surface area contributed by atoms with Gasteiger partial charge in [0.1, 0.15) is 0 Å². The van der Waals surface area contributed by atoms with Crippen molar-refractivity contribution in [2.24, 2.45) is 5.84 Å². The lowest BCUT2D eigenvalue weighted by Crippen LogP contribution is -2.30. The van der Waals surface area contributed by atoms with E-state index in [-0.39, 0.29) is 6.04 Å². The highest BCUT2D eigenvalue weighted by Crippen LogP contribution is 2.26. The minimum atomic E-state index is 0.177. The average Bonchev–Trinajstić information content (AvgIpc) is 2.93. The molecule has 104 valence electrons. The van der Waals surface area contributed by atoms with Gasteiger partial charge in [-0.3, -0.25) is 11.3 Å². The molecule has 1 atom stereocenters. The van der Waals surface area contributed by atoms with E-state index in [1.165, 1.54) is 47.1 Å². The third kappa shape index (κ3) is 2.62. The molecular weight excluding hydrogens is 244 g/mol. The van der Waals surface area contributed by atoms with Crippen LogP contribution in [0.2, 0.25) is 0 Å². The van der Waals surface area contributed by atoms with Gasteiger partial charge in [0.25, 0.3) is 0 Å². The van der Waals surface area contributed by atoms with Crippen molar-refractivity contribution in [1.29, 1.82) is 0 Å². The topological polar surface area (TPSA) is 38.0 Å². The van der Waals surface area contributed by atoms with Crippen LogP contribution in [0.4, 0.5) is 0 Å². The van der Waals surface area contributed by atoms with E-state index in [0.29, 0.717) is 0 Å². The molecule has 0 heterocycles. The Balaban J connectivity index is 1.83. The first kappa shape index (κ1) is 13.3. The Morgan fingerprint density at radius 1 is 1.10 bits per heavy atom. The molecule has 0 aromatic heterocycles. The molecule has 0 aliphatic heterocycles. The van der Waals surface area contributed by atoms with Crippen LogP contribution >= 0.6 is 0 Å². The van der Waals surface area contributed by atoms with Crippen LogP contribution in [-0.4, -0.2) is 0 Å². The number of nitrogens with two attached hydrogens (primary N) is 1. The van der Waals surface area contributed by atoms with E-state index in [0.717, 1.165) is 6.42 Å². The first-order valence-corrected chi connectivity index (χ1v) is 7.40. The summed E-state index contributed by atoms with van der Waals surface area (Å²) in [7, 11) is 0. The maximum absolute atomic E-state index is 5.78. The molecule has 2 nitrogen and oxygen atoms in total. The third-order valence-corrected chi connectivity index (χ3v) is 4.37. The Hall–Kier alpha value is -1.64. The van der Waals surface area contributed by atoms with E-state index < -0.39 is 0 Å². The van der Waals surface area contributed by atoms with Gasteiger partial charge in [0.05, 0.1) is 6.04 Å². The largest absolute Gasteiger partial charge is 0.271 e. The fourth-order valence-electron chi connectivity index (χ4n) is 3.22. The van der Waals surface area contributed by atoms with E-state index in [1.807, 2.05) is 0 Å². The van der Waals surface area contributed by atoms with Crippen LogP contribution in [-0.2, 0) is 19.3 Å². The van der Waals surface area contributed by atoms with Crippen LogP contribution in [0, 0.1) is 6.92 Å². The van der Waals surface area contributed by atoms with E-state index in [9.17, 15) is 0 Å². The summed E-state index contributed by atoms with van der Waals surface area (Å²) < 4.78 is 0. The fourth-order valence-corrected chi connectivity index (χ4v) is 3.22. The smallest absolute Gasteiger partial charge is 0.0502 e. The molecule has 20 heavy (non-hydrogen) atoms. The van der Waals surface area contributed by atoms with Crippen molar-refractivity contribution < 1.29 is 0 Å². The van der Waals surface area contributed by atoms with Gasteiger partial charge in [-0.15, -0.1) is 0 Å². The maximum atomic E-state index is 5.78. The number of fused-ring (bicyclic) bond motifs is 1. The predicted octanol–water partition coefficient (Wildman–Crippen LogP) is 3.23. The highest BCUT2D eigenvalue weighted by atomic mass is 15.2. The molecule has 2 aromatic carbocycles. The monoisotopic (exact) mass is 266 g/mol. The first-order chi connectivity index (χ1) is 9.78. The number of hydrogen-bond donors (Lipinski definition) is 2. The number of benzene rings is 2. The fraction of sp³-hybridized carbons (Fsp3) is 0.333. The molecule has 3 N–H and O–H groups in total. The summed E-state index contributed by atoms with van der Waals surface area (Å²) in [5, 5.41) is 0. The lowest BCUT2D eigenvalue weighted by molar-refractivity contribution is 0.549. The zero-order valence-corrected chi connectivity index (χ0v) is 12.0. The van der Waals surface area contributed by atoms with Crippen molar-refractivity contribution in [2.45, 2.75) is 38.6 Å². The molecule has 1 unspecified atom stereocenters. The molecule has 0 fully saturated rings. The molecule has 3 rings (SSSR count). The number of hydrogen-bond acceptors (Lipinski definition) is 2. The van der Waals surface area contributed by atoms with Crippen molar-refractivity contribution in [2.75, 3.05) is 0 Å². The Bertz CT molecular complexity index is 604. The second kappa shape index (κ2) is 5.78. The zero-order valence-electron chi connectivity index (χ0n) is 12.0. The van der Waals surface area contributed by atoms with Crippen LogP contribution < -0.4 is 11.3 Å². The standard InChI is InChI=1S/C18H22N2/c1-13-5-2-3-8-17(13)18(20-19)12-14-9-10-15-6-4-7-16(15)11-14/h2-3,5,8-11,18,20H,4,6-7,12,19H2,1H3. The summed E-state index contributed by atoms with van der Waals surface area (Å²) in [4.78, 5) is 0. The van der Waals surface area contributed by atoms with Crippen LogP contribution in [0.25, 0.3) is 0 Å². The number of hydrazine groups is 1. The van der Waals surface area contributed by atoms with Crippen LogP contribution in [0.15, 0.2) is 42.5 Å². The van der Waals surface area contributed by atoms with Gasteiger partial charge >= 0.3 is 0 Å². The SMILES string of the molecule is Cc1ccccc1C(Cc1ccc2c(c1)CCC2)NN.